The fraction of sp³-hybridized carbons (Fsp3) is 0.714. The molecule has 124 valence electrons. The van der Waals surface area contributed by atoms with Crippen LogP contribution in [0.15, 0.2) is 18.2 Å². The maximum Gasteiger partial charge on any atom is 0.120 e. The normalized spacial score (nSPS) is 21.8. The summed E-state index contributed by atoms with van der Waals surface area (Å²) in [6.07, 6.45) is 5.64. The second kappa shape index (κ2) is 6.26. The predicted octanol–water partition coefficient (Wildman–Crippen LogP) is 6.24. The van der Waals surface area contributed by atoms with Crippen LogP contribution in [-0.4, -0.2) is 6.10 Å². The Hall–Kier alpha value is -0.980. The van der Waals surface area contributed by atoms with Gasteiger partial charge in [-0.3, -0.25) is 0 Å². The largest absolute Gasteiger partial charge is 0.490 e. The fourth-order valence-electron chi connectivity index (χ4n) is 2.84. The molecule has 0 aliphatic heterocycles. The molecule has 0 spiro atoms. The summed E-state index contributed by atoms with van der Waals surface area (Å²) in [5.41, 5.74) is 3.07. The van der Waals surface area contributed by atoms with E-state index in [9.17, 15) is 0 Å². The Morgan fingerprint density at radius 3 is 1.95 bits per heavy atom. The summed E-state index contributed by atoms with van der Waals surface area (Å²) < 4.78 is 6.31. The van der Waals surface area contributed by atoms with Crippen molar-refractivity contribution in [2.24, 2.45) is 5.92 Å². The SMILES string of the molecule is CCCCC1CC1Oc1cc(C(C)(C)C)cc(C(C)(C)C)c1. The van der Waals surface area contributed by atoms with Crippen LogP contribution in [0.25, 0.3) is 0 Å². The molecule has 0 bridgehead atoms. The van der Waals surface area contributed by atoms with Gasteiger partial charge in [0.1, 0.15) is 11.9 Å². The van der Waals surface area contributed by atoms with E-state index >= 15 is 0 Å². The van der Waals surface area contributed by atoms with Crippen molar-refractivity contribution in [2.75, 3.05) is 0 Å². The van der Waals surface area contributed by atoms with E-state index in [2.05, 4.69) is 66.7 Å². The highest BCUT2D eigenvalue weighted by Crippen LogP contribution is 2.40. The van der Waals surface area contributed by atoms with Gasteiger partial charge in [0.25, 0.3) is 0 Å². The van der Waals surface area contributed by atoms with E-state index in [-0.39, 0.29) is 10.8 Å². The molecular formula is C21H34O. The number of hydrogen-bond donors (Lipinski definition) is 0. The van der Waals surface area contributed by atoms with Gasteiger partial charge in [0.15, 0.2) is 0 Å². The van der Waals surface area contributed by atoms with Crippen molar-refractivity contribution in [1.82, 2.24) is 0 Å². The molecule has 0 amide bonds. The van der Waals surface area contributed by atoms with E-state index in [4.69, 9.17) is 4.74 Å². The molecule has 1 saturated carbocycles. The monoisotopic (exact) mass is 302 g/mol. The smallest absolute Gasteiger partial charge is 0.120 e. The Bertz CT molecular complexity index is 469. The van der Waals surface area contributed by atoms with Crippen molar-refractivity contribution < 1.29 is 4.74 Å². The van der Waals surface area contributed by atoms with Crippen LogP contribution in [0.3, 0.4) is 0 Å². The quantitative estimate of drug-likeness (QED) is 0.625. The summed E-state index contributed by atoms with van der Waals surface area (Å²) >= 11 is 0. The maximum absolute atomic E-state index is 6.31. The molecule has 2 unspecified atom stereocenters. The van der Waals surface area contributed by atoms with Gasteiger partial charge in [-0.25, -0.2) is 0 Å². The Morgan fingerprint density at radius 2 is 1.50 bits per heavy atom. The van der Waals surface area contributed by atoms with Crippen molar-refractivity contribution in [1.29, 1.82) is 0 Å². The Balaban J connectivity index is 2.17. The van der Waals surface area contributed by atoms with Gasteiger partial charge in [-0.15, -0.1) is 0 Å². The molecule has 1 aromatic carbocycles. The first-order chi connectivity index (χ1) is 10.1. The van der Waals surface area contributed by atoms with Gasteiger partial charge in [-0.2, -0.15) is 0 Å². The van der Waals surface area contributed by atoms with Crippen molar-refractivity contribution in [3.05, 3.63) is 29.3 Å². The molecule has 2 rings (SSSR count). The third-order valence-corrected chi connectivity index (χ3v) is 4.71. The average molecular weight is 303 g/mol. The van der Waals surface area contributed by atoms with Crippen LogP contribution in [0, 0.1) is 5.92 Å². The van der Waals surface area contributed by atoms with Crippen LogP contribution in [0.2, 0.25) is 0 Å². The number of unbranched alkanes of at least 4 members (excludes halogenated alkanes) is 1. The lowest BCUT2D eigenvalue weighted by Crippen LogP contribution is -2.17. The minimum Gasteiger partial charge on any atom is -0.490 e. The zero-order valence-electron chi connectivity index (χ0n) is 15.6. The van der Waals surface area contributed by atoms with E-state index < -0.39 is 0 Å². The maximum atomic E-state index is 6.31. The molecule has 0 N–H and O–H groups in total. The summed E-state index contributed by atoms with van der Waals surface area (Å²) in [5.74, 6) is 1.86. The molecule has 0 heterocycles. The number of ether oxygens (including phenoxy) is 1. The van der Waals surface area contributed by atoms with Gasteiger partial charge < -0.3 is 4.74 Å². The molecule has 1 heteroatoms. The molecule has 0 radical (unpaired) electrons. The van der Waals surface area contributed by atoms with Crippen LogP contribution in [0.5, 0.6) is 5.75 Å². The second-order valence-electron chi connectivity index (χ2n) is 9.04. The van der Waals surface area contributed by atoms with Gasteiger partial charge in [-0.05, 0) is 52.8 Å². The highest BCUT2D eigenvalue weighted by Gasteiger charge is 2.38. The van der Waals surface area contributed by atoms with Crippen molar-refractivity contribution in [3.63, 3.8) is 0 Å². The molecule has 0 saturated heterocycles. The molecule has 1 aliphatic carbocycles. The first kappa shape index (κ1) is 17.4. The first-order valence-corrected chi connectivity index (χ1v) is 8.94. The molecule has 2 atom stereocenters. The Morgan fingerprint density at radius 1 is 0.955 bits per heavy atom. The van der Waals surface area contributed by atoms with Gasteiger partial charge in [0, 0.05) is 0 Å². The van der Waals surface area contributed by atoms with Crippen LogP contribution in [-0.2, 0) is 10.8 Å². The summed E-state index contributed by atoms with van der Waals surface area (Å²) in [7, 11) is 0. The number of rotatable bonds is 5. The van der Waals surface area contributed by atoms with Crippen LogP contribution < -0.4 is 4.74 Å². The lowest BCUT2D eigenvalue weighted by atomic mass is 9.80. The van der Waals surface area contributed by atoms with E-state index in [0.717, 1.165) is 11.7 Å². The summed E-state index contributed by atoms with van der Waals surface area (Å²) in [6, 6.07) is 6.86. The van der Waals surface area contributed by atoms with Crippen molar-refractivity contribution in [3.8, 4) is 5.75 Å². The third kappa shape index (κ3) is 4.51. The minimum atomic E-state index is 0.157. The van der Waals surface area contributed by atoms with E-state index in [1.54, 1.807) is 0 Å². The summed E-state index contributed by atoms with van der Waals surface area (Å²) in [4.78, 5) is 0. The standard InChI is InChI=1S/C21H34O/c1-8-9-10-15-11-19(15)22-18-13-16(20(2,3)4)12-17(14-18)21(5,6)7/h12-15,19H,8-11H2,1-7H3. The van der Waals surface area contributed by atoms with Gasteiger partial charge in [-0.1, -0.05) is 67.4 Å². The zero-order chi connectivity index (χ0) is 16.5. The molecule has 1 fully saturated rings. The third-order valence-electron chi connectivity index (χ3n) is 4.71. The molecule has 22 heavy (non-hydrogen) atoms. The Kier molecular flexibility index (Phi) is 4.94. The molecule has 1 aromatic rings. The first-order valence-electron chi connectivity index (χ1n) is 8.94. The van der Waals surface area contributed by atoms with Crippen LogP contribution >= 0.6 is 0 Å². The van der Waals surface area contributed by atoms with Gasteiger partial charge >= 0.3 is 0 Å². The fourth-order valence-corrected chi connectivity index (χ4v) is 2.84. The molecule has 1 aliphatic rings. The molecular weight excluding hydrogens is 268 g/mol. The lowest BCUT2D eigenvalue weighted by Gasteiger charge is -2.26. The van der Waals surface area contributed by atoms with Crippen molar-refractivity contribution >= 4 is 0 Å². The summed E-state index contributed by atoms with van der Waals surface area (Å²) in [5, 5.41) is 0. The average Bonchev–Trinajstić information content (AvgIpc) is 3.12. The predicted molar refractivity (Wildman–Crippen MR) is 95.9 cm³/mol. The van der Waals surface area contributed by atoms with E-state index in [1.807, 2.05) is 0 Å². The van der Waals surface area contributed by atoms with Crippen molar-refractivity contribution in [2.45, 2.75) is 91.1 Å². The highest BCUT2D eigenvalue weighted by atomic mass is 16.5. The number of benzene rings is 1. The van der Waals surface area contributed by atoms with E-state index in [0.29, 0.717) is 6.10 Å². The highest BCUT2D eigenvalue weighted by molar-refractivity contribution is 5.40. The Labute approximate surface area is 137 Å². The van der Waals surface area contributed by atoms with Crippen LogP contribution in [0.4, 0.5) is 0 Å². The second-order valence-corrected chi connectivity index (χ2v) is 9.04. The van der Waals surface area contributed by atoms with Crippen LogP contribution in [0.1, 0.15) is 85.3 Å². The topological polar surface area (TPSA) is 9.23 Å². The molecule has 1 nitrogen and oxygen atoms in total. The number of hydrogen-bond acceptors (Lipinski definition) is 1. The summed E-state index contributed by atoms with van der Waals surface area (Å²) in [6.45, 7) is 15.9. The zero-order valence-corrected chi connectivity index (χ0v) is 15.6. The van der Waals surface area contributed by atoms with E-state index in [1.165, 1.54) is 36.8 Å². The van der Waals surface area contributed by atoms with Gasteiger partial charge in [0.2, 0.25) is 0 Å². The molecule has 0 aromatic heterocycles. The minimum absolute atomic E-state index is 0.157. The van der Waals surface area contributed by atoms with Gasteiger partial charge in [0.05, 0.1) is 0 Å². The lowest BCUT2D eigenvalue weighted by molar-refractivity contribution is 0.279.